The van der Waals surface area contributed by atoms with E-state index in [2.05, 4.69) is 10.4 Å². The summed E-state index contributed by atoms with van der Waals surface area (Å²) in [5, 5.41) is 18.1. The molecule has 3 aromatic rings. The zero-order valence-corrected chi connectivity index (χ0v) is 17.7. The lowest BCUT2D eigenvalue weighted by Crippen LogP contribution is -2.39. The van der Waals surface area contributed by atoms with Gasteiger partial charge in [-0.15, -0.1) is 0 Å². The van der Waals surface area contributed by atoms with Crippen LogP contribution in [0.15, 0.2) is 59.4 Å². The summed E-state index contributed by atoms with van der Waals surface area (Å²) in [5.41, 5.74) is 0.951. The number of aryl methyl sites for hydroxylation is 1. The highest BCUT2D eigenvalue weighted by molar-refractivity contribution is 5.92. The Morgan fingerprint density at radius 1 is 1.16 bits per heavy atom. The fraction of sp³-hybridized carbons (Fsp3) is 0.318. The van der Waals surface area contributed by atoms with E-state index < -0.39 is 4.92 Å². The SMILES string of the molecule is Cn1nc(C2CCN(CC(=O)Nc3cccc([N+](=O)[O-])c3)CC2)n(-c2ccccc2)c1=O. The maximum absolute atomic E-state index is 12.6. The number of non-ortho nitro benzene ring substituents is 1. The molecule has 10 nitrogen and oxygen atoms in total. The van der Waals surface area contributed by atoms with Gasteiger partial charge in [0.25, 0.3) is 5.69 Å². The van der Waals surface area contributed by atoms with Gasteiger partial charge in [-0.1, -0.05) is 24.3 Å². The molecule has 1 amide bonds. The number of anilines is 1. The van der Waals surface area contributed by atoms with Crippen LogP contribution in [0, 0.1) is 10.1 Å². The third-order valence-corrected chi connectivity index (χ3v) is 5.62. The molecular formula is C22H24N6O4. The lowest BCUT2D eigenvalue weighted by Gasteiger charge is -2.31. The summed E-state index contributed by atoms with van der Waals surface area (Å²) >= 11 is 0. The smallest absolute Gasteiger partial charge is 0.325 e. The second-order valence-corrected chi connectivity index (χ2v) is 7.84. The number of benzene rings is 2. The van der Waals surface area contributed by atoms with Crippen molar-refractivity contribution in [3.63, 3.8) is 0 Å². The van der Waals surface area contributed by atoms with E-state index >= 15 is 0 Å². The van der Waals surface area contributed by atoms with Gasteiger partial charge in [0.15, 0.2) is 0 Å². The topological polar surface area (TPSA) is 115 Å². The van der Waals surface area contributed by atoms with Crippen LogP contribution >= 0.6 is 0 Å². The van der Waals surface area contributed by atoms with Gasteiger partial charge >= 0.3 is 5.69 Å². The maximum Gasteiger partial charge on any atom is 0.350 e. The van der Waals surface area contributed by atoms with Gasteiger partial charge in [0.2, 0.25) is 5.91 Å². The minimum Gasteiger partial charge on any atom is -0.325 e. The number of aromatic nitrogens is 3. The predicted molar refractivity (Wildman–Crippen MR) is 119 cm³/mol. The molecule has 1 aliphatic rings. The van der Waals surface area contributed by atoms with Crippen molar-refractivity contribution in [3.05, 3.63) is 81.0 Å². The van der Waals surface area contributed by atoms with Crippen LogP contribution in [0.4, 0.5) is 11.4 Å². The van der Waals surface area contributed by atoms with Crippen molar-refractivity contribution in [1.82, 2.24) is 19.2 Å². The zero-order valence-electron chi connectivity index (χ0n) is 17.7. The van der Waals surface area contributed by atoms with Crippen molar-refractivity contribution in [3.8, 4) is 5.69 Å². The van der Waals surface area contributed by atoms with Gasteiger partial charge in [-0.2, -0.15) is 5.10 Å². The van der Waals surface area contributed by atoms with Gasteiger partial charge in [0, 0.05) is 30.8 Å². The first-order valence-corrected chi connectivity index (χ1v) is 10.4. The van der Waals surface area contributed by atoms with Crippen LogP contribution < -0.4 is 11.0 Å². The summed E-state index contributed by atoms with van der Waals surface area (Å²) in [6.07, 6.45) is 1.54. The fourth-order valence-electron chi connectivity index (χ4n) is 4.02. The van der Waals surface area contributed by atoms with Crippen molar-refractivity contribution in [2.24, 2.45) is 7.05 Å². The number of nitro benzene ring substituents is 1. The average Bonchev–Trinajstić information content (AvgIpc) is 3.09. The number of nitrogens with one attached hydrogen (secondary N) is 1. The molecule has 1 aromatic heterocycles. The van der Waals surface area contributed by atoms with Gasteiger partial charge in [0.1, 0.15) is 5.82 Å². The summed E-state index contributed by atoms with van der Waals surface area (Å²) in [6, 6.07) is 15.4. The molecule has 0 aliphatic carbocycles. The molecule has 0 atom stereocenters. The van der Waals surface area contributed by atoms with Crippen LogP contribution in [0.1, 0.15) is 24.6 Å². The molecule has 0 unspecified atom stereocenters. The standard InChI is InChI=1S/C22H24N6O4/c1-25-22(30)27(18-7-3-2-4-8-18)21(24-25)16-10-12-26(13-11-16)15-20(29)23-17-6-5-9-19(14-17)28(31)32/h2-9,14,16H,10-13,15H2,1H3,(H,23,29). The van der Waals surface area contributed by atoms with Crippen molar-refractivity contribution in [2.75, 3.05) is 25.0 Å². The Hall–Kier alpha value is -3.79. The number of hydrogen-bond donors (Lipinski definition) is 1. The molecule has 2 heterocycles. The second-order valence-electron chi connectivity index (χ2n) is 7.84. The Morgan fingerprint density at radius 3 is 2.56 bits per heavy atom. The molecule has 4 rings (SSSR count). The van der Waals surface area contributed by atoms with Gasteiger partial charge in [-0.05, 0) is 44.1 Å². The number of nitrogens with zero attached hydrogens (tertiary/aromatic N) is 5. The van der Waals surface area contributed by atoms with Crippen molar-refractivity contribution >= 4 is 17.3 Å². The monoisotopic (exact) mass is 436 g/mol. The number of likely N-dealkylation sites (tertiary alicyclic amines) is 1. The third kappa shape index (κ3) is 4.59. The average molecular weight is 436 g/mol. The number of carbonyl (C=O) groups excluding carboxylic acids is 1. The van der Waals surface area contributed by atoms with Gasteiger partial charge < -0.3 is 5.32 Å². The van der Waals surface area contributed by atoms with Crippen LogP contribution in [0.25, 0.3) is 5.69 Å². The fourth-order valence-corrected chi connectivity index (χ4v) is 4.02. The van der Waals surface area contributed by atoms with Gasteiger partial charge in [-0.25, -0.2) is 14.0 Å². The normalized spacial score (nSPS) is 14.9. The molecule has 166 valence electrons. The van der Waals surface area contributed by atoms with Gasteiger partial charge in [0.05, 0.1) is 17.2 Å². The molecule has 1 fully saturated rings. The van der Waals surface area contributed by atoms with E-state index in [9.17, 15) is 19.7 Å². The highest BCUT2D eigenvalue weighted by Crippen LogP contribution is 2.27. The Morgan fingerprint density at radius 2 is 1.88 bits per heavy atom. The summed E-state index contributed by atoms with van der Waals surface area (Å²) < 4.78 is 3.02. The van der Waals surface area contributed by atoms with E-state index in [1.165, 1.54) is 16.8 Å². The Labute approximate surface area is 184 Å². The molecule has 1 aliphatic heterocycles. The number of para-hydroxylation sites is 1. The molecule has 32 heavy (non-hydrogen) atoms. The maximum atomic E-state index is 12.6. The Balaban J connectivity index is 1.39. The lowest BCUT2D eigenvalue weighted by molar-refractivity contribution is -0.384. The van der Waals surface area contributed by atoms with Crippen LogP contribution in [0.3, 0.4) is 0 Å². The lowest BCUT2D eigenvalue weighted by atomic mass is 9.95. The molecule has 1 N–H and O–H groups in total. The summed E-state index contributed by atoms with van der Waals surface area (Å²) in [4.78, 5) is 37.5. The molecule has 0 bridgehead atoms. The zero-order chi connectivity index (χ0) is 22.7. The highest BCUT2D eigenvalue weighted by atomic mass is 16.6. The number of rotatable bonds is 6. The second kappa shape index (κ2) is 9.15. The molecule has 1 saturated heterocycles. The van der Waals surface area contributed by atoms with E-state index in [1.54, 1.807) is 23.7 Å². The molecule has 10 heteroatoms. The first-order valence-electron chi connectivity index (χ1n) is 10.4. The minimum atomic E-state index is -0.493. The number of hydrogen-bond acceptors (Lipinski definition) is 6. The van der Waals surface area contributed by atoms with E-state index in [-0.39, 0.29) is 29.7 Å². The molecular weight excluding hydrogens is 412 g/mol. The van der Waals surface area contributed by atoms with Gasteiger partial charge in [-0.3, -0.25) is 19.8 Å². The van der Waals surface area contributed by atoms with Crippen LogP contribution in [-0.2, 0) is 11.8 Å². The molecule has 0 radical (unpaired) electrons. The minimum absolute atomic E-state index is 0.0663. The van der Waals surface area contributed by atoms with Crippen molar-refractivity contribution in [2.45, 2.75) is 18.8 Å². The van der Waals surface area contributed by atoms with E-state index in [4.69, 9.17) is 0 Å². The highest BCUT2D eigenvalue weighted by Gasteiger charge is 2.27. The van der Waals surface area contributed by atoms with Crippen LogP contribution in [0.5, 0.6) is 0 Å². The number of nitro groups is 1. The van der Waals surface area contributed by atoms with Crippen molar-refractivity contribution in [1.29, 1.82) is 0 Å². The summed E-state index contributed by atoms with van der Waals surface area (Å²) in [6.45, 7) is 1.57. The van der Waals surface area contributed by atoms with E-state index in [0.29, 0.717) is 18.8 Å². The first kappa shape index (κ1) is 21.4. The van der Waals surface area contributed by atoms with E-state index in [1.807, 2.05) is 35.2 Å². The Kier molecular flexibility index (Phi) is 6.13. The van der Waals surface area contributed by atoms with Crippen molar-refractivity contribution < 1.29 is 9.72 Å². The van der Waals surface area contributed by atoms with E-state index in [0.717, 1.165) is 24.4 Å². The molecule has 2 aromatic carbocycles. The van der Waals surface area contributed by atoms with Crippen LogP contribution in [0.2, 0.25) is 0 Å². The summed E-state index contributed by atoms with van der Waals surface area (Å²) in [7, 11) is 1.65. The predicted octanol–water partition coefficient (Wildman–Crippen LogP) is 2.30. The largest absolute Gasteiger partial charge is 0.350 e. The quantitative estimate of drug-likeness (QED) is 0.468. The summed E-state index contributed by atoms with van der Waals surface area (Å²) in [5.74, 6) is 0.632. The Bertz CT molecular complexity index is 1180. The number of piperidine rings is 1. The number of carbonyl (C=O) groups is 1. The first-order chi connectivity index (χ1) is 15.4. The third-order valence-electron chi connectivity index (χ3n) is 5.62. The molecule has 0 saturated carbocycles. The molecule has 0 spiro atoms. The number of amides is 1. The van der Waals surface area contributed by atoms with Crippen LogP contribution in [-0.4, -0.2) is 49.7 Å².